The molecule has 0 aromatic carbocycles. The third-order valence-corrected chi connectivity index (χ3v) is 4.92. The Hall–Kier alpha value is -0.980. The van der Waals surface area contributed by atoms with Crippen molar-refractivity contribution in [3.63, 3.8) is 0 Å². The molecule has 22 heavy (non-hydrogen) atoms. The van der Waals surface area contributed by atoms with Crippen LogP contribution in [0.5, 0.6) is 0 Å². The minimum Gasteiger partial charge on any atom is -0.382 e. The van der Waals surface area contributed by atoms with E-state index in [1.54, 1.807) is 0 Å². The molecule has 0 bridgehead atoms. The Morgan fingerprint density at radius 3 is 2.86 bits per heavy atom. The van der Waals surface area contributed by atoms with Crippen LogP contribution in [0.25, 0.3) is 0 Å². The second-order valence-corrected chi connectivity index (χ2v) is 7.10. The number of hydrogen-bond donors (Lipinski definition) is 1. The molecule has 0 spiro atoms. The van der Waals surface area contributed by atoms with Crippen LogP contribution in [-0.2, 0) is 10.3 Å². The van der Waals surface area contributed by atoms with Gasteiger partial charge in [-0.25, -0.2) is 4.68 Å². The molecule has 2 fully saturated rings. The molecule has 0 saturated carbocycles. The predicted molar refractivity (Wildman–Crippen MR) is 83.5 cm³/mol. The summed E-state index contributed by atoms with van der Waals surface area (Å²) in [5, 5.41) is 19.4. The van der Waals surface area contributed by atoms with Gasteiger partial charge in [0.2, 0.25) is 0 Å². The Bertz CT molecular complexity index is 484. The van der Waals surface area contributed by atoms with Gasteiger partial charge in [-0.1, -0.05) is 5.21 Å². The summed E-state index contributed by atoms with van der Waals surface area (Å²) >= 11 is 0. The lowest BCUT2D eigenvalue weighted by molar-refractivity contribution is -0.0479. The van der Waals surface area contributed by atoms with Crippen LogP contribution in [0.2, 0.25) is 0 Å². The first-order valence-electron chi connectivity index (χ1n) is 8.51. The molecule has 1 aromatic heterocycles. The first kappa shape index (κ1) is 15.9. The van der Waals surface area contributed by atoms with Gasteiger partial charge in [0.25, 0.3) is 0 Å². The number of rotatable bonds is 4. The fraction of sp³-hybridized carbons (Fsp3) is 0.875. The lowest BCUT2D eigenvalue weighted by Crippen LogP contribution is -2.48. The van der Waals surface area contributed by atoms with Crippen LogP contribution in [-0.4, -0.2) is 57.8 Å². The van der Waals surface area contributed by atoms with Crippen molar-refractivity contribution in [2.75, 3.05) is 32.8 Å². The maximum Gasteiger partial charge on any atom is 0.123 e. The number of nitrogens with zero attached hydrogens (tertiary/aromatic N) is 4. The molecule has 2 aliphatic heterocycles. The summed E-state index contributed by atoms with van der Waals surface area (Å²) in [6.07, 6.45) is 5.96. The second-order valence-electron chi connectivity index (χ2n) is 7.10. The normalized spacial score (nSPS) is 28.4. The van der Waals surface area contributed by atoms with E-state index in [0.717, 1.165) is 57.7 Å². The number of piperidine rings is 1. The monoisotopic (exact) mass is 308 g/mol. The highest BCUT2D eigenvalue weighted by Crippen LogP contribution is 2.31. The summed E-state index contributed by atoms with van der Waals surface area (Å²) in [6, 6.07) is 0.270. The van der Waals surface area contributed by atoms with Crippen molar-refractivity contribution in [1.29, 1.82) is 0 Å². The highest BCUT2D eigenvalue weighted by Gasteiger charge is 2.38. The van der Waals surface area contributed by atoms with Gasteiger partial charge in [-0.15, -0.1) is 5.10 Å². The molecule has 0 aliphatic carbocycles. The van der Waals surface area contributed by atoms with Gasteiger partial charge in [-0.05, 0) is 52.0 Å². The molecule has 124 valence electrons. The minimum absolute atomic E-state index is 0.270. The molecule has 3 rings (SSSR count). The Morgan fingerprint density at radius 1 is 1.41 bits per heavy atom. The molecule has 0 amide bonds. The van der Waals surface area contributed by atoms with Crippen LogP contribution < -0.4 is 0 Å². The van der Waals surface area contributed by atoms with Gasteiger partial charge in [-0.2, -0.15) is 0 Å². The van der Waals surface area contributed by atoms with Crippen LogP contribution in [0.3, 0.4) is 0 Å². The quantitative estimate of drug-likeness (QED) is 0.915. The number of aromatic nitrogens is 3. The van der Waals surface area contributed by atoms with Crippen molar-refractivity contribution < 1.29 is 9.84 Å². The van der Waals surface area contributed by atoms with Gasteiger partial charge in [-0.3, -0.25) is 4.90 Å². The molecular formula is C16H28N4O2. The number of ether oxygens (including phenoxy) is 1. The molecule has 2 saturated heterocycles. The van der Waals surface area contributed by atoms with Crippen LogP contribution in [0.4, 0.5) is 0 Å². The third kappa shape index (κ3) is 3.50. The summed E-state index contributed by atoms with van der Waals surface area (Å²) in [4.78, 5) is 2.40. The Morgan fingerprint density at radius 2 is 2.18 bits per heavy atom. The first-order chi connectivity index (χ1) is 10.6. The summed E-state index contributed by atoms with van der Waals surface area (Å²) in [7, 11) is 0. The van der Waals surface area contributed by atoms with Crippen LogP contribution in [0, 0.1) is 5.92 Å². The van der Waals surface area contributed by atoms with Gasteiger partial charge in [0.05, 0.1) is 6.20 Å². The highest BCUT2D eigenvalue weighted by molar-refractivity contribution is 5.10. The number of β-amino-alcohol motifs (C(OH)–C–C–N with tert-alkyl or cyclic N) is 1. The van der Waals surface area contributed by atoms with Crippen molar-refractivity contribution in [2.24, 2.45) is 5.92 Å². The van der Waals surface area contributed by atoms with E-state index in [0.29, 0.717) is 12.5 Å². The summed E-state index contributed by atoms with van der Waals surface area (Å²) in [5.41, 5.74) is -0.130. The van der Waals surface area contributed by atoms with Gasteiger partial charge >= 0.3 is 0 Å². The maximum absolute atomic E-state index is 11.1. The van der Waals surface area contributed by atoms with E-state index in [4.69, 9.17) is 4.74 Å². The van der Waals surface area contributed by atoms with Crippen LogP contribution in [0.1, 0.15) is 51.3 Å². The average molecular weight is 308 g/mol. The SMILES string of the molecule is CC(C)n1cc([C@@]2(O)CCCN(CC3CCOCC3)C2)nn1. The predicted octanol–water partition coefficient (Wildman–Crippen LogP) is 1.57. The van der Waals surface area contributed by atoms with E-state index in [-0.39, 0.29) is 6.04 Å². The molecule has 3 heterocycles. The van der Waals surface area contributed by atoms with E-state index >= 15 is 0 Å². The average Bonchev–Trinajstić information content (AvgIpc) is 2.99. The Labute approximate surface area is 132 Å². The zero-order chi connectivity index (χ0) is 15.6. The van der Waals surface area contributed by atoms with Gasteiger partial charge in [0.15, 0.2) is 0 Å². The second kappa shape index (κ2) is 6.64. The van der Waals surface area contributed by atoms with Crippen molar-refractivity contribution in [2.45, 2.75) is 51.2 Å². The minimum atomic E-state index is -0.851. The summed E-state index contributed by atoms with van der Waals surface area (Å²) in [5.74, 6) is 0.697. The number of hydrogen-bond acceptors (Lipinski definition) is 5. The van der Waals surface area contributed by atoms with E-state index < -0.39 is 5.60 Å². The van der Waals surface area contributed by atoms with Crippen molar-refractivity contribution in [3.8, 4) is 0 Å². The topological polar surface area (TPSA) is 63.4 Å². The highest BCUT2D eigenvalue weighted by atomic mass is 16.5. The molecule has 2 aliphatic rings. The summed E-state index contributed by atoms with van der Waals surface area (Å²) < 4.78 is 7.26. The summed E-state index contributed by atoms with van der Waals surface area (Å²) in [6.45, 7) is 8.70. The Kier molecular flexibility index (Phi) is 4.80. The molecular weight excluding hydrogens is 280 g/mol. The zero-order valence-electron chi connectivity index (χ0n) is 13.7. The molecule has 6 nitrogen and oxygen atoms in total. The zero-order valence-corrected chi connectivity index (χ0v) is 13.7. The standard InChI is InChI=1S/C16H28N4O2/c1-13(2)20-11-15(17-18-20)16(21)6-3-7-19(12-16)10-14-4-8-22-9-5-14/h11,13-14,21H,3-10,12H2,1-2H3/t16-/m1/s1. The van der Waals surface area contributed by atoms with Gasteiger partial charge < -0.3 is 9.84 Å². The van der Waals surface area contributed by atoms with Crippen LogP contribution >= 0.6 is 0 Å². The fourth-order valence-corrected chi connectivity index (χ4v) is 3.52. The van der Waals surface area contributed by atoms with Gasteiger partial charge in [0, 0.05) is 32.3 Å². The van der Waals surface area contributed by atoms with Crippen LogP contribution in [0.15, 0.2) is 6.20 Å². The molecule has 1 N–H and O–H groups in total. The lowest BCUT2D eigenvalue weighted by Gasteiger charge is -2.40. The molecule has 6 heteroatoms. The largest absolute Gasteiger partial charge is 0.382 e. The third-order valence-electron chi connectivity index (χ3n) is 4.92. The number of likely N-dealkylation sites (tertiary alicyclic amines) is 1. The van der Waals surface area contributed by atoms with E-state index in [1.165, 1.54) is 0 Å². The van der Waals surface area contributed by atoms with Crippen molar-refractivity contribution in [3.05, 3.63) is 11.9 Å². The van der Waals surface area contributed by atoms with E-state index in [1.807, 2.05) is 10.9 Å². The molecule has 1 aromatic rings. The number of aliphatic hydroxyl groups is 1. The van der Waals surface area contributed by atoms with Crippen molar-refractivity contribution in [1.82, 2.24) is 19.9 Å². The first-order valence-corrected chi connectivity index (χ1v) is 8.51. The molecule has 1 atom stereocenters. The lowest BCUT2D eigenvalue weighted by atomic mass is 9.88. The van der Waals surface area contributed by atoms with E-state index in [2.05, 4.69) is 29.1 Å². The Balaban J connectivity index is 1.65. The van der Waals surface area contributed by atoms with Crippen molar-refractivity contribution >= 4 is 0 Å². The molecule has 0 unspecified atom stereocenters. The van der Waals surface area contributed by atoms with E-state index in [9.17, 15) is 5.11 Å². The fourth-order valence-electron chi connectivity index (χ4n) is 3.52. The molecule has 0 radical (unpaired) electrons. The smallest absolute Gasteiger partial charge is 0.123 e. The van der Waals surface area contributed by atoms with Gasteiger partial charge in [0.1, 0.15) is 11.3 Å². The maximum atomic E-state index is 11.1.